The number of ether oxygens (including phenoxy) is 1. The molecule has 0 aliphatic rings. The van der Waals surface area contributed by atoms with Crippen molar-refractivity contribution < 1.29 is 22.7 Å². The second-order valence-electron chi connectivity index (χ2n) is 5.57. The van der Waals surface area contributed by atoms with Gasteiger partial charge in [-0.25, -0.2) is 4.98 Å². The Balaban J connectivity index is 1.68. The predicted molar refractivity (Wildman–Crippen MR) is 97.7 cm³/mol. The lowest BCUT2D eigenvalue weighted by molar-refractivity contribution is -0.274. The summed E-state index contributed by atoms with van der Waals surface area (Å²) >= 11 is 0. The highest BCUT2D eigenvalue weighted by molar-refractivity contribution is 6.04. The zero-order valence-electron chi connectivity index (χ0n) is 14.3. The monoisotopic (exact) mass is 382 g/mol. The molecule has 1 amide bonds. The van der Waals surface area contributed by atoms with Crippen molar-refractivity contribution in [2.75, 3.05) is 5.32 Å². The van der Waals surface area contributed by atoms with Crippen LogP contribution in [0.5, 0.6) is 5.75 Å². The number of aromatic nitrogens is 1. The molecular formula is C21H13F3N2O2. The summed E-state index contributed by atoms with van der Waals surface area (Å²) in [5, 5.41) is 2.68. The molecule has 7 heteroatoms. The number of nitrogens with one attached hydrogen (secondary N) is 1. The first-order valence-corrected chi connectivity index (χ1v) is 8.09. The lowest BCUT2D eigenvalue weighted by atomic mass is 10.1. The van der Waals surface area contributed by atoms with Gasteiger partial charge in [0.25, 0.3) is 5.91 Å². The van der Waals surface area contributed by atoms with E-state index >= 15 is 0 Å². The molecule has 0 saturated heterocycles. The zero-order valence-corrected chi connectivity index (χ0v) is 14.3. The number of alkyl halides is 3. The number of anilines is 1. The summed E-state index contributed by atoms with van der Waals surface area (Å²) in [7, 11) is 0. The smallest absolute Gasteiger partial charge is 0.406 e. The number of carbonyl (C=O) groups is 1. The van der Waals surface area contributed by atoms with Crippen molar-refractivity contribution in [3.05, 3.63) is 89.7 Å². The Labute approximate surface area is 159 Å². The molecule has 1 aromatic heterocycles. The Morgan fingerprint density at radius 1 is 0.964 bits per heavy atom. The van der Waals surface area contributed by atoms with Gasteiger partial charge in [0.15, 0.2) is 0 Å². The summed E-state index contributed by atoms with van der Waals surface area (Å²) in [5.41, 5.74) is 2.00. The van der Waals surface area contributed by atoms with Crippen LogP contribution < -0.4 is 10.1 Å². The van der Waals surface area contributed by atoms with Gasteiger partial charge in [-0.1, -0.05) is 18.1 Å². The van der Waals surface area contributed by atoms with Gasteiger partial charge in [-0.15, -0.1) is 13.2 Å². The van der Waals surface area contributed by atoms with Gasteiger partial charge in [0.2, 0.25) is 0 Å². The number of carbonyl (C=O) groups excluding carboxylic acids is 1. The largest absolute Gasteiger partial charge is 0.573 e. The van der Waals surface area contributed by atoms with Crippen molar-refractivity contribution in [2.24, 2.45) is 0 Å². The van der Waals surface area contributed by atoms with E-state index in [1.807, 2.05) is 6.07 Å². The summed E-state index contributed by atoms with van der Waals surface area (Å²) in [6, 6.07) is 17.0. The maximum atomic E-state index is 12.3. The molecule has 1 N–H and O–H groups in total. The topological polar surface area (TPSA) is 51.2 Å². The minimum atomic E-state index is -4.78. The highest BCUT2D eigenvalue weighted by atomic mass is 19.4. The minimum Gasteiger partial charge on any atom is -0.406 e. The molecule has 28 heavy (non-hydrogen) atoms. The first-order chi connectivity index (χ1) is 13.4. The molecule has 0 aliphatic carbocycles. The van der Waals surface area contributed by atoms with Gasteiger partial charge in [-0.2, -0.15) is 0 Å². The third-order valence-electron chi connectivity index (χ3n) is 3.47. The average Bonchev–Trinajstić information content (AvgIpc) is 2.67. The van der Waals surface area contributed by atoms with E-state index in [4.69, 9.17) is 0 Å². The first-order valence-electron chi connectivity index (χ1n) is 8.09. The molecule has 2 aromatic carbocycles. The Hall–Kier alpha value is -3.79. The van der Waals surface area contributed by atoms with Gasteiger partial charge in [-0.05, 0) is 60.5 Å². The molecule has 0 radical (unpaired) electrons. The Morgan fingerprint density at radius 3 is 2.43 bits per heavy atom. The van der Waals surface area contributed by atoms with Crippen LogP contribution in [0, 0.1) is 11.8 Å². The number of halogens is 3. The standard InChI is InChI=1S/C21H13F3N2O2/c22-21(23,24)28-19-11-8-16(9-12-19)20(27)26-18-6-3-4-15(14-18)7-10-17-5-1-2-13-25-17/h1-6,8-9,11-14H,(H,26,27). The second kappa shape index (κ2) is 8.27. The Bertz CT molecular complexity index is 1020. The van der Waals surface area contributed by atoms with E-state index in [1.54, 1.807) is 42.6 Å². The molecule has 3 rings (SSSR count). The summed E-state index contributed by atoms with van der Waals surface area (Å²) in [4.78, 5) is 16.4. The van der Waals surface area contributed by atoms with Gasteiger partial charge in [0, 0.05) is 23.0 Å². The van der Waals surface area contributed by atoms with Crippen LogP contribution in [0.15, 0.2) is 72.9 Å². The zero-order chi connectivity index (χ0) is 20.0. The fraction of sp³-hybridized carbons (Fsp3) is 0.0476. The first kappa shape index (κ1) is 19.0. The van der Waals surface area contributed by atoms with Gasteiger partial charge < -0.3 is 10.1 Å². The molecule has 0 bridgehead atoms. The van der Waals surface area contributed by atoms with E-state index in [9.17, 15) is 18.0 Å². The van der Waals surface area contributed by atoms with Crippen molar-refractivity contribution in [3.63, 3.8) is 0 Å². The average molecular weight is 382 g/mol. The summed E-state index contributed by atoms with van der Waals surface area (Å²) in [6.45, 7) is 0. The fourth-order valence-corrected chi connectivity index (χ4v) is 2.26. The van der Waals surface area contributed by atoms with Crippen LogP contribution in [0.25, 0.3) is 0 Å². The molecule has 0 unspecified atom stereocenters. The molecule has 1 heterocycles. The van der Waals surface area contributed by atoms with E-state index in [0.29, 0.717) is 16.9 Å². The van der Waals surface area contributed by atoms with E-state index in [2.05, 4.69) is 26.9 Å². The summed E-state index contributed by atoms with van der Waals surface area (Å²) in [6.07, 6.45) is -3.13. The molecule has 0 saturated carbocycles. The van der Waals surface area contributed by atoms with Crippen LogP contribution in [0.3, 0.4) is 0 Å². The normalized spacial score (nSPS) is 10.5. The number of amides is 1. The maximum Gasteiger partial charge on any atom is 0.573 e. The number of rotatable bonds is 3. The van der Waals surface area contributed by atoms with Crippen LogP contribution >= 0.6 is 0 Å². The van der Waals surface area contributed by atoms with E-state index in [0.717, 1.165) is 12.1 Å². The SMILES string of the molecule is O=C(Nc1cccc(C#Cc2ccccn2)c1)c1ccc(OC(F)(F)F)cc1. The van der Waals surface area contributed by atoms with Crippen molar-refractivity contribution in [2.45, 2.75) is 6.36 Å². The lowest BCUT2D eigenvalue weighted by Gasteiger charge is -2.09. The highest BCUT2D eigenvalue weighted by Crippen LogP contribution is 2.23. The quantitative estimate of drug-likeness (QED) is 0.672. The van der Waals surface area contributed by atoms with Gasteiger partial charge in [0.1, 0.15) is 11.4 Å². The molecule has 0 atom stereocenters. The highest BCUT2D eigenvalue weighted by Gasteiger charge is 2.31. The molecule has 0 spiro atoms. The van der Waals surface area contributed by atoms with E-state index in [1.165, 1.54) is 12.1 Å². The molecule has 0 fully saturated rings. The van der Waals surface area contributed by atoms with Crippen LogP contribution in [0.1, 0.15) is 21.6 Å². The third kappa shape index (κ3) is 5.61. The minimum absolute atomic E-state index is 0.194. The fourth-order valence-electron chi connectivity index (χ4n) is 2.26. The number of hydrogen-bond donors (Lipinski definition) is 1. The molecule has 140 valence electrons. The number of nitrogens with zero attached hydrogens (tertiary/aromatic N) is 1. The van der Waals surface area contributed by atoms with E-state index < -0.39 is 18.0 Å². The lowest BCUT2D eigenvalue weighted by Crippen LogP contribution is -2.17. The number of hydrogen-bond acceptors (Lipinski definition) is 3. The predicted octanol–water partition coefficient (Wildman–Crippen LogP) is 4.63. The van der Waals surface area contributed by atoms with Crippen LogP contribution in [-0.2, 0) is 0 Å². The van der Waals surface area contributed by atoms with Crippen LogP contribution in [0.2, 0.25) is 0 Å². The second-order valence-corrected chi connectivity index (χ2v) is 5.57. The number of benzene rings is 2. The Kier molecular flexibility index (Phi) is 5.61. The summed E-state index contributed by atoms with van der Waals surface area (Å²) in [5.74, 6) is 5.02. The summed E-state index contributed by atoms with van der Waals surface area (Å²) < 4.78 is 40.3. The molecule has 0 aliphatic heterocycles. The van der Waals surface area contributed by atoms with Crippen molar-refractivity contribution in [3.8, 4) is 17.6 Å². The molecular weight excluding hydrogens is 369 g/mol. The third-order valence-corrected chi connectivity index (χ3v) is 3.47. The van der Waals surface area contributed by atoms with Crippen LogP contribution in [0.4, 0.5) is 18.9 Å². The Morgan fingerprint density at radius 2 is 1.75 bits per heavy atom. The molecule has 4 nitrogen and oxygen atoms in total. The van der Waals surface area contributed by atoms with Crippen molar-refractivity contribution >= 4 is 11.6 Å². The van der Waals surface area contributed by atoms with Crippen molar-refractivity contribution in [1.82, 2.24) is 4.98 Å². The maximum absolute atomic E-state index is 12.3. The number of pyridine rings is 1. The van der Waals surface area contributed by atoms with Gasteiger partial charge in [-0.3, -0.25) is 4.79 Å². The van der Waals surface area contributed by atoms with E-state index in [-0.39, 0.29) is 5.56 Å². The molecule has 3 aromatic rings. The van der Waals surface area contributed by atoms with Crippen molar-refractivity contribution in [1.29, 1.82) is 0 Å². The van der Waals surface area contributed by atoms with Gasteiger partial charge in [0.05, 0.1) is 0 Å². The van der Waals surface area contributed by atoms with Gasteiger partial charge >= 0.3 is 6.36 Å². The van der Waals surface area contributed by atoms with Crippen LogP contribution in [-0.4, -0.2) is 17.3 Å².